The highest BCUT2D eigenvalue weighted by atomic mass is 16.6. The number of rotatable bonds is 6. The van der Waals surface area contributed by atoms with Gasteiger partial charge in [0.15, 0.2) is 0 Å². The summed E-state index contributed by atoms with van der Waals surface area (Å²) in [6, 6.07) is -0.137. The fourth-order valence-electron chi connectivity index (χ4n) is 1.99. The van der Waals surface area contributed by atoms with Crippen molar-refractivity contribution in [1.29, 1.82) is 0 Å². The molecule has 0 unspecified atom stereocenters. The molecule has 0 saturated carbocycles. The van der Waals surface area contributed by atoms with Gasteiger partial charge in [0.1, 0.15) is 5.60 Å². The maximum atomic E-state index is 11.8. The molecule has 1 amide bonds. The summed E-state index contributed by atoms with van der Waals surface area (Å²) in [7, 11) is 4.11. The van der Waals surface area contributed by atoms with E-state index in [0.29, 0.717) is 0 Å². The molecular weight excluding hydrogens is 268 g/mol. The Morgan fingerprint density at radius 1 is 1.48 bits per heavy atom. The smallest absolute Gasteiger partial charge is 0.408 e. The molecule has 0 bridgehead atoms. The molecule has 6 nitrogen and oxygen atoms in total. The summed E-state index contributed by atoms with van der Waals surface area (Å²) in [5.41, 5.74) is 0.495. The molecule has 1 aromatic heterocycles. The first-order valence-corrected chi connectivity index (χ1v) is 7.33. The van der Waals surface area contributed by atoms with E-state index < -0.39 is 11.7 Å². The van der Waals surface area contributed by atoms with E-state index >= 15 is 0 Å². The molecule has 0 spiro atoms. The van der Waals surface area contributed by atoms with Crippen molar-refractivity contribution in [2.45, 2.75) is 52.3 Å². The summed E-state index contributed by atoms with van der Waals surface area (Å²) < 4.78 is 7.35. The van der Waals surface area contributed by atoms with Gasteiger partial charge < -0.3 is 19.5 Å². The molecule has 1 atom stereocenters. The summed E-state index contributed by atoms with van der Waals surface area (Å²) in [5, 5.41) is 2.85. The largest absolute Gasteiger partial charge is 0.444 e. The lowest BCUT2D eigenvalue weighted by molar-refractivity contribution is 0.0506. The Bertz CT molecular complexity index is 449. The van der Waals surface area contributed by atoms with E-state index in [9.17, 15) is 4.79 Å². The molecule has 0 radical (unpaired) electrons. The van der Waals surface area contributed by atoms with Crippen LogP contribution in [0.3, 0.4) is 0 Å². The molecule has 0 saturated heterocycles. The van der Waals surface area contributed by atoms with Crippen molar-refractivity contribution in [3.8, 4) is 0 Å². The molecule has 1 heterocycles. The van der Waals surface area contributed by atoms with Crippen molar-refractivity contribution >= 4 is 6.09 Å². The van der Waals surface area contributed by atoms with Crippen LogP contribution in [0, 0.1) is 0 Å². The second kappa shape index (κ2) is 7.45. The number of hydrogen-bond donors (Lipinski definition) is 1. The lowest BCUT2D eigenvalue weighted by atomic mass is 10.2. The molecule has 1 rings (SSSR count). The number of carbonyl (C=O) groups excluding carboxylic acids is 1. The Morgan fingerprint density at radius 3 is 2.71 bits per heavy atom. The van der Waals surface area contributed by atoms with Crippen LogP contribution in [0.4, 0.5) is 4.79 Å². The Morgan fingerprint density at radius 2 is 2.14 bits per heavy atom. The van der Waals surface area contributed by atoms with E-state index in [0.717, 1.165) is 25.2 Å². The van der Waals surface area contributed by atoms with Gasteiger partial charge in [0.2, 0.25) is 0 Å². The van der Waals surface area contributed by atoms with E-state index in [4.69, 9.17) is 4.74 Å². The quantitative estimate of drug-likeness (QED) is 0.876. The van der Waals surface area contributed by atoms with Gasteiger partial charge in [-0.05, 0) is 54.8 Å². The van der Waals surface area contributed by atoms with Crippen molar-refractivity contribution in [2.24, 2.45) is 0 Å². The van der Waals surface area contributed by atoms with Crippen LogP contribution in [-0.4, -0.2) is 46.8 Å². The number of aryl methyl sites for hydroxylation is 1. The molecule has 6 heteroatoms. The first kappa shape index (κ1) is 17.5. The molecule has 0 aliphatic carbocycles. The van der Waals surface area contributed by atoms with Gasteiger partial charge in [-0.25, -0.2) is 9.78 Å². The average Bonchev–Trinajstić information content (AvgIpc) is 2.73. The number of ether oxygens (including phenoxy) is 1. The van der Waals surface area contributed by atoms with Crippen molar-refractivity contribution in [3.63, 3.8) is 0 Å². The van der Waals surface area contributed by atoms with Gasteiger partial charge in [-0.1, -0.05) is 0 Å². The zero-order valence-electron chi connectivity index (χ0n) is 14.0. The Kier molecular flexibility index (Phi) is 6.20. The van der Waals surface area contributed by atoms with Crippen molar-refractivity contribution < 1.29 is 9.53 Å². The normalized spacial score (nSPS) is 13.3. The summed E-state index contributed by atoms with van der Waals surface area (Å²) in [6.45, 7) is 9.39. The van der Waals surface area contributed by atoms with Gasteiger partial charge in [-0.3, -0.25) is 0 Å². The minimum atomic E-state index is -0.490. The number of carbonyl (C=O) groups is 1. The highest BCUT2D eigenvalue weighted by Crippen LogP contribution is 2.14. The first-order valence-electron chi connectivity index (χ1n) is 7.33. The van der Waals surface area contributed by atoms with Gasteiger partial charge >= 0.3 is 6.09 Å². The SMILES string of the molecule is C[C@@H](NC(=O)OC(C)(C)C)c1cncn1CCCN(C)C. The third-order valence-corrected chi connectivity index (χ3v) is 2.93. The standard InChI is InChI=1S/C15H28N4O2/c1-12(17-14(20)21-15(2,3)4)13-10-16-11-19(13)9-7-8-18(5)6/h10-12H,7-9H2,1-6H3,(H,17,20)/t12-/m1/s1. The number of hydrogen-bond acceptors (Lipinski definition) is 4. The highest BCUT2D eigenvalue weighted by Gasteiger charge is 2.19. The van der Waals surface area contributed by atoms with Gasteiger partial charge in [0.05, 0.1) is 24.3 Å². The molecule has 0 aromatic carbocycles. The summed E-state index contributed by atoms with van der Waals surface area (Å²) in [4.78, 5) is 18.1. The minimum absolute atomic E-state index is 0.137. The molecule has 1 aromatic rings. The predicted molar refractivity (Wildman–Crippen MR) is 83.2 cm³/mol. The van der Waals surface area contributed by atoms with Gasteiger partial charge in [0.25, 0.3) is 0 Å². The maximum Gasteiger partial charge on any atom is 0.408 e. The number of alkyl carbamates (subject to hydrolysis) is 1. The Labute approximate surface area is 127 Å². The number of nitrogens with one attached hydrogen (secondary N) is 1. The van der Waals surface area contributed by atoms with Crippen LogP contribution in [0.25, 0.3) is 0 Å². The predicted octanol–water partition coefficient (Wildman–Crippen LogP) is 2.42. The zero-order chi connectivity index (χ0) is 16.0. The van der Waals surface area contributed by atoms with Crippen molar-refractivity contribution in [2.75, 3.05) is 20.6 Å². The zero-order valence-corrected chi connectivity index (χ0v) is 14.0. The van der Waals surface area contributed by atoms with Gasteiger partial charge in [-0.2, -0.15) is 0 Å². The highest BCUT2D eigenvalue weighted by molar-refractivity contribution is 5.68. The minimum Gasteiger partial charge on any atom is -0.444 e. The number of nitrogens with zero attached hydrogens (tertiary/aromatic N) is 3. The molecule has 0 fully saturated rings. The molecule has 1 N–H and O–H groups in total. The van der Waals surface area contributed by atoms with E-state index in [-0.39, 0.29) is 6.04 Å². The Hall–Kier alpha value is -1.56. The first-order chi connectivity index (χ1) is 9.69. The number of imidazole rings is 1. The number of amides is 1. The molecule has 0 aliphatic rings. The van der Waals surface area contributed by atoms with Crippen LogP contribution in [0.1, 0.15) is 45.9 Å². The van der Waals surface area contributed by atoms with Crippen LogP contribution in [0.2, 0.25) is 0 Å². The monoisotopic (exact) mass is 296 g/mol. The van der Waals surface area contributed by atoms with Crippen molar-refractivity contribution in [1.82, 2.24) is 19.8 Å². The lowest BCUT2D eigenvalue weighted by Gasteiger charge is -2.22. The van der Waals surface area contributed by atoms with Crippen molar-refractivity contribution in [3.05, 3.63) is 18.2 Å². The topological polar surface area (TPSA) is 59.4 Å². The third kappa shape index (κ3) is 6.62. The molecule has 0 aliphatic heterocycles. The van der Waals surface area contributed by atoms with E-state index in [1.54, 1.807) is 12.5 Å². The van der Waals surface area contributed by atoms with Crippen LogP contribution < -0.4 is 5.32 Å². The van der Waals surface area contributed by atoms with Crippen LogP contribution in [-0.2, 0) is 11.3 Å². The molecule has 21 heavy (non-hydrogen) atoms. The number of aromatic nitrogens is 2. The maximum absolute atomic E-state index is 11.8. The molecular formula is C15H28N4O2. The van der Waals surface area contributed by atoms with Crippen LogP contribution in [0.15, 0.2) is 12.5 Å². The second-order valence-electron chi connectivity index (χ2n) is 6.54. The van der Waals surface area contributed by atoms with Crippen LogP contribution >= 0.6 is 0 Å². The van der Waals surface area contributed by atoms with Crippen LogP contribution in [0.5, 0.6) is 0 Å². The van der Waals surface area contributed by atoms with E-state index in [1.807, 2.05) is 27.7 Å². The lowest BCUT2D eigenvalue weighted by Crippen LogP contribution is -2.34. The fourth-order valence-corrected chi connectivity index (χ4v) is 1.99. The third-order valence-electron chi connectivity index (χ3n) is 2.93. The summed E-state index contributed by atoms with van der Waals surface area (Å²) >= 11 is 0. The van der Waals surface area contributed by atoms with E-state index in [1.165, 1.54) is 0 Å². The Balaban J connectivity index is 2.56. The summed E-state index contributed by atoms with van der Waals surface area (Å²) in [6.07, 6.45) is 4.22. The van der Waals surface area contributed by atoms with Gasteiger partial charge in [0, 0.05) is 6.54 Å². The fraction of sp³-hybridized carbons (Fsp3) is 0.733. The second-order valence-corrected chi connectivity index (χ2v) is 6.54. The van der Waals surface area contributed by atoms with E-state index in [2.05, 4.69) is 33.9 Å². The average molecular weight is 296 g/mol. The van der Waals surface area contributed by atoms with Gasteiger partial charge in [-0.15, -0.1) is 0 Å². The summed E-state index contributed by atoms with van der Waals surface area (Å²) in [5.74, 6) is 0. The molecule has 120 valence electrons.